The lowest BCUT2D eigenvalue weighted by molar-refractivity contribution is -0.141. The summed E-state index contributed by atoms with van der Waals surface area (Å²) in [5, 5.41) is 3.09. The lowest BCUT2D eigenvalue weighted by atomic mass is 9.65. The first-order valence-corrected chi connectivity index (χ1v) is 10.6. The van der Waals surface area contributed by atoms with Gasteiger partial charge in [-0.2, -0.15) is 0 Å². The summed E-state index contributed by atoms with van der Waals surface area (Å²) in [6, 6.07) is 0.625. The van der Waals surface area contributed by atoms with Crippen LogP contribution < -0.4 is 11.1 Å². The summed E-state index contributed by atoms with van der Waals surface area (Å²) in [7, 11) is 0. The molecule has 3 aliphatic carbocycles. The molecule has 4 rings (SSSR count). The number of carbonyl (C=O) groups is 2. The standard InChI is InChI=1S/C20H34N4O2/c1-13(19(25)22-17-5-6-17)23-7-9-24(10-8-23)20(26)16-11-14-3-2-4-15(12-16)18(14)21/h13-18H,2-12,21H2,1H3,(H,22,25). The Morgan fingerprint density at radius 1 is 1.00 bits per heavy atom. The number of nitrogens with two attached hydrogens (primary N) is 1. The summed E-state index contributed by atoms with van der Waals surface area (Å²) in [5.74, 6) is 1.74. The van der Waals surface area contributed by atoms with Gasteiger partial charge in [0.1, 0.15) is 0 Å². The molecule has 4 aliphatic rings. The summed E-state index contributed by atoms with van der Waals surface area (Å²) in [5.41, 5.74) is 6.37. The maximum atomic E-state index is 13.0. The van der Waals surface area contributed by atoms with Crippen molar-refractivity contribution in [2.75, 3.05) is 26.2 Å². The average Bonchev–Trinajstić information content (AvgIpc) is 3.44. The van der Waals surface area contributed by atoms with Crippen LogP contribution in [0, 0.1) is 17.8 Å². The molecule has 146 valence electrons. The number of carbonyl (C=O) groups excluding carboxylic acids is 2. The van der Waals surface area contributed by atoms with Gasteiger partial charge in [0, 0.05) is 44.2 Å². The van der Waals surface area contributed by atoms with Crippen molar-refractivity contribution in [3.63, 3.8) is 0 Å². The van der Waals surface area contributed by atoms with E-state index in [4.69, 9.17) is 5.73 Å². The molecule has 0 radical (unpaired) electrons. The molecule has 1 aliphatic heterocycles. The van der Waals surface area contributed by atoms with Crippen LogP contribution in [0.1, 0.15) is 51.9 Å². The second-order valence-electron chi connectivity index (χ2n) is 9.02. The van der Waals surface area contributed by atoms with Gasteiger partial charge in [-0.1, -0.05) is 6.42 Å². The fraction of sp³-hybridized carbons (Fsp3) is 0.900. The van der Waals surface area contributed by atoms with E-state index in [2.05, 4.69) is 10.2 Å². The SMILES string of the molecule is CC(C(=O)NC1CC1)N1CCN(C(=O)C2CC3CCCC(C2)C3N)CC1. The zero-order valence-corrected chi connectivity index (χ0v) is 16.0. The van der Waals surface area contributed by atoms with Gasteiger partial charge in [0.15, 0.2) is 0 Å². The number of amides is 2. The third-order valence-corrected chi connectivity index (χ3v) is 7.24. The summed E-state index contributed by atoms with van der Waals surface area (Å²) in [6.07, 6.45) is 7.88. The van der Waals surface area contributed by atoms with Gasteiger partial charge in [-0.3, -0.25) is 14.5 Å². The van der Waals surface area contributed by atoms with E-state index in [1.54, 1.807) is 0 Å². The van der Waals surface area contributed by atoms with E-state index in [1.807, 2.05) is 11.8 Å². The van der Waals surface area contributed by atoms with Gasteiger partial charge in [0.25, 0.3) is 0 Å². The Morgan fingerprint density at radius 2 is 1.62 bits per heavy atom. The molecule has 0 aromatic heterocycles. The Bertz CT molecular complexity index is 528. The second-order valence-corrected chi connectivity index (χ2v) is 9.02. The van der Waals surface area contributed by atoms with Crippen LogP contribution >= 0.6 is 0 Å². The number of nitrogens with zero attached hydrogens (tertiary/aromatic N) is 2. The first kappa shape index (κ1) is 18.2. The Morgan fingerprint density at radius 3 is 2.19 bits per heavy atom. The van der Waals surface area contributed by atoms with E-state index in [1.165, 1.54) is 19.3 Å². The first-order chi connectivity index (χ1) is 12.5. The molecule has 6 heteroatoms. The smallest absolute Gasteiger partial charge is 0.237 e. The topological polar surface area (TPSA) is 78.7 Å². The fourth-order valence-electron chi connectivity index (χ4n) is 5.29. The minimum Gasteiger partial charge on any atom is -0.352 e. The number of nitrogens with one attached hydrogen (secondary N) is 1. The van der Waals surface area contributed by atoms with Crippen LogP contribution in [0.4, 0.5) is 0 Å². The first-order valence-electron chi connectivity index (χ1n) is 10.6. The summed E-state index contributed by atoms with van der Waals surface area (Å²) >= 11 is 0. The molecule has 2 bridgehead atoms. The molecule has 4 fully saturated rings. The number of rotatable bonds is 4. The maximum absolute atomic E-state index is 13.0. The maximum Gasteiger partial charge on any atom is 0.237 e. The highest BCUT2D eigenvalue weighted by molar-refractivity contribution is 5.82. The highest BCUT2D eigenvalue weighted by Gasteiger charge is 2.42. The van der Waals surface area contributed by atoms with Gasteiger partial charge >= 0.3 is 0 Å². The molecule has 0 spiro atoms. The third kappa shape index (κ3) is 3.77. The van der Waals surface area contributed by atoms with Crippen molar-refractivity contribution in [1.82, 2.24) is 15.1 Å². The van der Waals surface area contributed by atoms with Crippen molar-refractivity contribution in [3.8, 4) is 0 Å². The number of hydrogen-bond donors (Lipinski definition) is 2. The predicted molar refractivity (Wildman–Crippen MR) is 100 cm³/mol. The minimum atomic E-state index is -0.0973. The molecule has 2 amide bonds. The molecular weight excluding hydrogens is 328 g/mol. The third-order valence-electron chi connectivity index (χ3n) is 7.24. The fourth-order valence-corrected chi connectivity index (χ4v) is 5.29. The van der Waals surface area contributed by atoms with Crippen molar-refractivity contribution >= 4 is 11.8 Å². The van der Waals surface area contributed by atoms with Gasteiger partial charge in [-0.05, 0) is 57.3 Å². The summed E-state index contributed by atoms with van der Waals surface area (Å²) in [6.45, 7) is 5.07. The quantitative estimate of drug-likeness (QED) is 0.781. The Balaban J connectivity index is 1.27. The van der Waals surface area contributed by atoms with Crippen LogP contribution in [0.25, 0.3) is 0 Å². The average molecular weight is 363 g/mol. The van der Waals surface area contributed by atoms with Crippen molar-refractivity contribution in [2.24, 2.45) is 23.5 Å². The van der Waals surface area contributed by atoms with Crippen molar-refractivity contribution in [3.05, 3.63) is 0 Å². The Hall–Kier alpha value is -1.14. The number of piperazine rings is 1. The van der Waals surface area contributed by atoms with Gasteiger partial charge in [-0.25, -0.2) is 0 Å². The van der Waals surface area contributed by atoms with E-state index in [0.29, 0.717) is 29.8 Å². The van der Waals surface area contributed by atoms with Crippen molar-refractivity contribution in [1.29, 1.82) is 0 Å². The molecule has 3 N–H and O–H groups in total. The predicted octanol–water partition coefficient (Wildman–Crippen LogP) is 0.951. The van der Waals surface area contributed by atoms with E-state index in [9.17, 15) is 9.59 Å². The van der Waals surface area contributed by atoms with Crippen molar-refractivity contribution in [2.45, 2.75) is 70.0 Å². The number of fused-ring (bicyclic) bond motifs is 2. The van der Waals surface area contributed by atoms with E-state index in [-0.39, 0.29) is 17.9 Å². The highest BCUT2D eigenvalue weighted by atomic mass is 16.2. The van der Waals surface area contributed by atoms with E-state index < -0.39 is 0 Å². The molecule has 6 nitrogen and oxygen atoms in total. The highest BCUT2D eigenvalue weighted by Crippen LogP contribution is 2.42. The Labute approximate surface area is 156 Å². The van der Waals surface area contributed by atoms with E-state index in [0.717, 1.165) is 51.9 Å². The van der Waals surface area contributed by atoms with E-state index >= 15 is 0 Å². The largest absolute Gasteiger partial charge is 0.352 e. The molecule has 26 heavy (non-hydrogen) atoms. The van der Waals surface area contributed by atoms with Gasteiger partial charge in [0.05, 0.1) is 6.04 Å². The van der Waals surface area contributed by atoms with Gasteiger partial charge < -0.3 is 16.0 Å². The monoisotopic (exact) mass is 362 g/mol. The molecule has 1 heterocycles. The lowest BCUT2D eigenvalue weighted by Crippen LogP contribution is -2.57. The summed E-state index contributed by atoms with van der Waals surface area (Å²) < 4.78 is 0. The second kappa shape index (κ2) is 7.47. The molecule has 3 saturated carbocycles. The van der Waals surface area contributed by atoms with Crippen LogP contribution in [-0.2, 0) is 9.59 Å². The molecule has 0 aromatic carbocycles. The number of hydrogen-bond acceptors (Lipinski definition) is 4. The Kier molecular flexibility index (Phi) is 5.24. The molecule has 3 unspecified atom stereocenters. The van der Waals surface area contributed by atoms with Crippen LogP contribution in [0.2, 0.25) is 0 Å². The van der Waals surface area contributed by atoms with Crippen LogP contribution in [0.5, 0.6) is 0 Å². The normalized spacial score (nSPS) is 36.5. The zero-order valence-electron chi connectivity index (χ0n) is 16.0. The van der Waals surface area contributed by atoms with Crippen LogP contribution in [-0.4, -0.2) is 65.9 Å². The van der Waals surface area contributed by atoms with Crippen LogP contribution in [0.15, 0.2) is 0 Å². The molecule has 0 aromatic rings. The van der Waals surface area contributed by atoms with Gasteiger partial charge in [-0.15, -0.1) is 0 Å². The van der Waals surface area contributed by atoms with Gasteiger partial charge in [0.2, 0.25) is 11.8 Å². The molecular formula is C20H34N4O2. The van der Waals surface area contributed by atoms with Crippen LogP contribution in [0.3, 0.4) is 0 Å². The molecule has 3 atom stereocenters. The summed E-state index contributed by atoms with van der Waals surface area (Å²) in [4.78, 5) is 29.6. The minimum absolute atomic E-state index is 0.0973. The zero-order chi connectivity index (χ0) is 18.3. The lowest BCUT2D eigenvalue weighted by Gasteiger charge is -2.45. The van der Waals surface area contributed by atoms with Crippen molar-refractivity contribution < 1.29 is 9.59 Å². The molecule has 1 saturated heterocycles.